The molecule has 0 atom stereocenters. The van der Waals surface area contributed by atoms with Crippen molar-refractivity contribution in [1.29, 1.82) is 0 Å². The van der Waals surface area contributed by atoms with Crippen LogP contribution in [0.2, 0.25) is 0 Å². The molecule has 4 N–H and O–H groups in total. The van der Waals surface area contributed by atoms with E-state index >= 15 is 0 Å². The van der Waals surface area contributed by atoms with Crippen LogP contribution in [0.4, 0.5) is 17.2 Å². The molecule has 0 aliphatic heterocycles. The first-order valence-electron chi connectivity index (χ1n) is 5.07. The topological polar surface area (TPSA) is 88.2 Å². The highest BCUT2D eigenvalue weighted by Gasteiger charge is 2.07. The largest absolute Gasteiger partial charge is 0.478 e. The maximum Gasteiger partial charge on any atom is 0.337 e. The van der Waals surface area contributed by atoms with Gasteiger partial charge in [0.25, 0.3) is 0 Å². The summed E-state index contributed by atoms with van der Waals surface area (Å²) in [6.07, 6.45) is 1.27. The zero-order chi connectivity index (χ0) is 13.1. The second-order valence-corrected chi connectivity index (χ2v) is 4.84. The van der Waals surface area contributed by atoms with Gasteiger partial charge < -0.3 is 16.2 Å². The number of carboxylic acids is 1. The van der Waals surface area contributed by atoms with E-state index in [9.17, 15) is 4.79 Å². The molecule has 0 amide bonds. The minimum absolute atomic E-state index is 0.0701. The summed E-state index contributed by atoms with van der Waals surface area (Å²) < 4.78 is 1.13. The summed E-state index contributed by atoms with van der Waals surface area (Å²) in [4.78, 5) is 14.7. The predicted octanol–water partition coefficient (Wildman–Crippen LogP) is 2.71. The van der Waals surface area contributed by atoms with E-state index in [-0.39, 0.29) is 5.56 Å². The number of hydrogen-bond acceptors (Lipinski definition) is 4. The smallest absolute Gasteiger partial charge is 0.337 e. The Morgan fingerprint density at radius 1 is 1.33 bits per heavy atom. The molecule has 18 heavy (non-hydrogen) atoms. The summed E-state index contributed by atoms with van der Waals surface area (Å²) >= 11 is 2.21. The predicted molar refractivity (Wildman–Crippen MR) is 78.1 cm³/mol. The molecule has 0 bridgehead atoms. The van der Waals surface area contributed by atoms with Crippen molar-refractivity contribution < 1.29 is 9.90 Å². The molecule has 0 spiro atoms. The lowest BCUT2D eigenvalue weighted by molar-refractivity contribution is 0.0696. The van der Waals surface area contributed by atoms with Crippen LogP contribution < -0.4 is 11.1 Å². The molecule has 2 rings (SSSR count). The van der Waals surface area contributed by atoms with E-state index in [4.69, 9.17) is 10.8 Å². The van der Waals surface area contributed by atoms with Crippen molar-refractivity contribution in [2.45, 2.75) is 0 Å². The molecule has 0 fully saturated rings. The van der Waals surface area contributed by atoms with Gasteiger partial charge in [-0.15, -0.1) is 0 Å². The van der Waals surface area contributed by atoms with Gasteiger partial charge in [0, 0.05) is 15.5 Å². The maximum absolute atomic E-state index is 10.7. The van der Waals surface area contributed by atoms with Crippen molar-refractivity contribution in [2.75, 3.05) is 11.1 Å². The van der Waals surface area contributed by atoms with Crippen molar-refractivity contribution in [3.8, 4) is 0 Å². The zero-order valence-corrected chi connectivity index (χ0v) is 11.4. The Morgan fingerprint density at radius 3 is 2.56 bits per heavy atom. The molecule has 0 saturated carbocycles. The summed E-state index contributed by atoms with van der Waals surface area (Å²) in [5, 5.41) is 11.8. The molecule has 0 aliphatic rings. The number of anilines is 3. The summed E-state index contributed by atoms with van der Waals surface area (Å²) in [6.45, 7) is 0. The number of carboxylic acid groups (broad SMARTS) is 1. The van der Waals surface area contributed by atoms with Gasteiger partial charge in [0.2, 0.25) is 0 Å². The standard InChI is InChI=1S/C12H10IN3O2/c13-8-1-3-9(4-2-8)16-11-10(14)5-7(6-15-11)12(17)18/h1-6H,14H2,(H,15,16)(H,17,18). The molecular weight excluding hydrogens is 345 g/mol. The van der Waals surface area contributed by atoms with Crippen LogP contribution in [0.15, 0.2) is 36.5 Å². The fourth-order valence-electron chi connectivity index (χ4n) is 1.37. The van der Waals surface area contributed by atoms with E-state index in [1.165, 1.54) is 12.3 Å². The molecule has 0 radical (unpaired) electrons. The van der Waals surface area contributed by atoms with Gasteiger partial charge in [-0.3, -0.25) is 0 Å². The highest BCUT2D eigenvalue weighted by molar-refractivity contribution is 14.1. The number of rotatable bonds is 3. The van der Waals surface area contributed by atoms with Crippen molar-refractivity contribution in [1.82, 2.24) is 4.98 Å². The quantitative estimate of drug-likeness (QED) is 0.737. The maximum atomic E-state index is 10.7. The number of halogens is 1. The fourth-order valence-corrected chi connectivity index (χ4v) is 1.73. The van der Waals surface area contributed by atoms with Gasteiger partial charge in [0.1, 0.15) is 0 Å². The van der Waals surface area contributed by atoms with Gasteiger partial charge in [-0.2, -0.15) is 0 Å². The van der Waals surface area contributed by atoms with Crippen LogP contribution in [0.3, 0.4) is 0 Å². The first-order chi connectivity index (χ1) is 8.56. The first-order valence-corrected chi connectivity index (χ1v) is 6.15. The van der Waals surface area contributed by atoms with Crippen LogP contribution in [0.5, 0.6) is 0 Å². The summed E-state index contributed by atoms with van der Waals surface area (Å²) in [6, 6.07) is 9.07. The Labute approximate surface area is 117 Å². The third kappa shape index (κ3) is 2.89. The number of carbonyl (C=O) groups is 1. The lowest BCUT2D eigenvalue weighted by Crippen LogP contribution is -2.03. The Hall–Kier alpha value is -1.83. The molecule has 5 nitrogen and oxygen atoms in total. The van der Waals surface area contributed by atoms with Gasteiger partial charge in [-0.05, 0) is 52.9 Å². The number of nitrogens with zero attached hydrogens (tertiary/aromatic N) is 1. The number of aromatic nitrogens is 1. The number of benzene rings is 1. The van der Waals surface area contributed by atoms with E-state index in [0.29, 0.717) is 11.5 Å². The summed E-state index contributed by atoms with van der Waals surface area (Å²) in [5.74, 6) is -0.601. The van der Waals surface area contributed by atoms with E-state index < -0.39 is 5.97 Å². The normalized spacial score (nSPS) is 10.1. The Morgan fingerprint density at radius 2 is 2.00 bits per heavy atom. The first kappa shape index (κ1) is 12.6. The lowest BCUT2D eigenvalue weighted by atomic mass is 10.2. The van der Waals surface area contributed by atoms with Crippen molar-refractivity contribution in [3.63, 3.8) is 0 Å². The molecule has 92 valence electrons. The minimum atomic E-state index is -1.05. The Kier molecular flexibility index (Phi) is 3.66. The average molecular weight is 355 g/mol. The fraction of sp³-hybridized carbons (Fsp3) is 0. The third-order valence-corrected chi connectivity index (χ3v) is 2.99. The monoisotopic (exact) mass is 355 g/mol. The van der Waals surface area contributed by atoms with Gasteiger partial charge in [0.15, 0.2) is 5.82 Å². The summed E-state index contributed by atoms with van der Waals surface area (Å²) in [5.41, 5.74) is 6.96. The van der Waals surface area contributed by atoms with Crippen LogP contribution in [-0.2, 0) is 0 Å². The molecule has 1 aromatic carbocycles. The number of nitrogens with two attached hydrogens (primary N) is 1. The highest BCUT2D eigenvalue weighted by Crippen LogP contribution is 2.22. The molecule has 1 heterocycles. The number of pyridine rings is 1. The number of nitrogens with one attached hydrogen (secondary N) is 1. The van der Waals surface area contributed by atoms with Gasteiger partial charge in [-0.1, -0.05) is 0 Å². The Bertz CT molecular complexity index is 584. The highest BCUT2D eigenvalue weighted by atomic mass is 127. The summed E-state index contributed by atoms with van der Waals surface area (Å²) in [7, 11) is 0. The third-order valence-electron chi connectivity index (χ3n) is 2.27. The molecule has 1 aromatic heterocycles. The van der Waals surface area contributed by atoms with E-state index in [0.717, 1.165) is 9.26 Å². The van der Waals surface area contributed by atoms with Crippen LogP contribution in [0.25, 0.3) is 0 Å². The van der Waals surface area contributed by atoms with Crippen LogP contribution in [0.1, 0.15) is 10.4 Å². The molecular formula is C12H10IN3O2. The SMILES string of the molecule is Nc1cc(C(=O)O)cnc1Nc1ccc(I)cc1. The van der Waals surface area contributed by atoms with Gasteiger partial charge in [-0.25, -0.2) is 9.78 Å². The van der Waals surface area contributed by atoms with E-state index in [1.807, 2.05) is 24.3 Å². The minimum Gasteiger partial charge on any atom is -0.478 e. The van der Waals surface area contributed by atoms with Gasteiger partial charge in [0.05, 0.1) is 11.3 Å². The number of nitrogen functional groups attached to an aromatic ring is 1. The lowest BCUT2D eigenvalue weighted by Gasteiger charge is -2.08. The van der Waals surface area contributed by atoms with Crippen molar-refractivity contribution in [3.05, 3.63) is 45.7 Å². The number of aromatic carboxylic acids is 1. The van der Waals surface area contributed by atoms with E-state index in [2.05, 4.69) is 32.9 Å². The molecule has 2 aromatic rings. The number of hydrogen-bond donors (Lipinski definition) is 3. The van der Waals surface area contributed by atoms with Crippen molar-refractivity contribution in [2.24, 2.45) is 0 Å². The van der Waals surface area contributed by atoms with Crippen LogP contribution in [-0.4, -0.2) is 16.1 Å². The molecule has 0 aliphatic carbocycles. The zero-order valence-electron chi connectivity index (χ0n) is 9.22. The molecule has 0 saturated heterocycles. The molecule has 6 heteroatoms. The second kappa shape index (κ2) is 5.21. The second-order valence-electron chi connectivity index (χ2n) is 3.60. The average Bonchev–Trinajstić information content (AvgIpc) is 2.34. The van der Waals surface area contributed by atoms with E-state index in [1.54, 1.807) is 0 Å². The van der Waals surface area contributed by atoms with Crippen LogP contribution in [0, 0.1) is 3.57 Å². The van der Waals surface area contributed by atoms with Gasteiger partial charge >= 0.3 is 5.97 Å². The van der Waals surface area contributed by atoms with Crippen LogP contribution >= 0.6 is 22.6 Å². The Balaban J connectivity index is 2.24. The molecule has 0 unspecified atom stereocenters. The van der Waals surface area contributed by atoms with Crippen molar-refractivity contribution >= 4 is 45.8 Å².